The first kappa shape index (κ1) is 18.6. The molecule has 0 fully saturated rings. The van der Waals surface area contributed by atoms with Crippen LogP contribution >= 0.6 is 0 Å². The maximum absolute atomic E-state index is 11.3. The highest BCUT2D eigenvalue weighted by Gasteiger charge is 2.20. The maximum atomic E-state index is 11.3. The molecule has 0 aliphatic heterocycles. The van der Waals surface area contributed by atoms with Crippen LogP contribution in [0.3, 0.4) is 0 Å². The van der Waals surface area contributed by atoms with Gasteiger partial charge in [0.05, 0.1) is 30.8 Å². The predicted molar refractivity (Wildman–Crippen MR) is 95.7 cm³/mol. The number of rotatable bonds is 6. The summed E-state index contributed by atoms with van der Waals surface area (Å²) in [6, 6.07) is 10.7. The molecule has 0 unspecified atom stereocenters. The van der Waals surface area contributed by atoms with Gasteiger partial charge in [-0.3, -0.25) is 10.1 Å². The highest BCUT2D eigenvalue weighted by Crippen LogP contribution is 2.35. The molecule has 0 saturated carbocycles. The van der Waals surface area contributed by atoms with Gasteiger partial charge in [-0.2, -0.15) is 0 Å². The lowest BCUT2D eigenvalue weighted by Crippen LogP contribution is -2.10. The minimum Gasteiger partial charge on any atom is -0.493 e. The molecule has 2 aromatic carbocycles. The molecule has 6 heteroatoms. The van der Waals surface area contributed by atoms with E-state index >= 15 is 0 Å². The van der Waals surface area contributed by atoms with Crippen molar-refractivity contribution in [2.45, 2.75) is 32.8 Å². The van der Waals surface area contributed by atoms with Crippen LogP contribution in [0.1, 0.15) is 31.9 Å². The average molecular weight is 345 g/mol. The molecule has 0 saturated heterocycles. The fraction of sp³-hybridized carbons (Fsp3) is 0.368. The second-order valence-electron chi connectivity index (χ2n) is 6.66. The van der Waals surface area contributed by atoms with E-state index in [4.69, 9.17) is 14.2 Å². The van der Waals surface area contributed by atoms with Crippen LogP contribution in [0, 0.1) is 10.1 Å². The molecule has 0 aromatic heterocycles. The van der Waals surface area contributed by atoms with Crippen LogP contribution in [0.4, 0.5) is 5.69 Å². The van der Waals surface area contributed by atoms with E-state index in [-0.39, 0.29) is 17.7 Å². The Hall–Kier alpha value is -2.76. The minimum atomic E-state index is -0.455. The van der Waals surface area contributed by atoms with Crippen molar-refractivity contribution in [1.82, 2.24) is 0 Å². The Morgan fingerprint density at radius 2 is 1.56 bits per heavy atom. The number of hydrogen-bond donors (Lipinski definition) is 0. The van der Waals surface area contributed by atoms with Crippen LogP contribution in [-0.2, 0) is 12.0 Å². The third kappa shape index (κ3) is 4.41. The zero-order valence-corrected chi connectivity index (χ0v) is 15.2. The zero-order valence-electron chi connectivity index (χ0n) is 15.2. The molecule has 6 nitrogen and oxygen atoms in total. The third-order valence-corrected chi connectivity index (χ3v) is 3.90. The van der Waals surface area contributed by atoms with Crippen LogP contribution in [0.15, 0.2) is 36.4 Å². The fourth-order valence-electron chi connectivity index (χ4n) is 2.41. The molecule has 0 heterocycles. The summed E-state index contributed by atoms with van der Waals surface area (Å²) in [5.74, 6) is 1.39. The van der Waals surface area contributed by atoms with Crippen LogP contribution in [0.5, 0.6) is 17.2 Å². The first-order valence-corrected chi connectivity index (χ1v) is 7.89. The van der Waals surface area contributed by atoms with Gasteiger partial charge in [-0.05, 0) is 29.2 Å². The van der Waals surface area contributed by atoms with E-state index in [1.54, 1.807) is 6.07 Å². The van der Waals surface area contributed by atoms with E-state index in [1.165, 1.54) is 25.8 Å². The standard InChI is InChI=1S/C19H23NO5/c1-19(2,3)14-6-8-15(9-7-14)25-12-13-10-17(23-4)18(24-5)11-16(13)20(21)22/h6-11H,12H2,1-5H3. The quantitative estimate of drug-likeness (QED) is 0.570. The molecule has 0 amide bonds. The van der Waals surface area contributed by atoms with Crippen molar-refractivity contribution in [3.05, 3.63) is 57.6 Å². The van der Waals surface area contributed by atoms with Gasteiger partial charge in [-0.25, -0.2) is 0 Å². The third-order valence-electron chi connectivity index (χ3n) is 3.90. The lowest BCUT2D eigenvalue weighted by Gasteiger charge is -2.19. The zero-order chi connectivity index (χ0) is 18.6. The molecule has 0 radical (unpaired) electrons. The molecule has 2 aromatic rings. The summed E-state index contributed by atoms with van der Waals surface area (Å²) >= 11 is 0. The number of nitro groups is 1. The molecule has 0 aliphatic rings. The number of ether oxygens (including phenoxy) is 3. The molecule has 0 spiro atoms. The van der Waals surface area contributed by atoms with Gasteiger partial charge in [0.15, 0.2) is 11.5 Å². The Morgan fingerprint density at radius 3 is 2.04 bits per heavy atom. The van der Waals surface area contributed by atoms with Gasteiger partial charge in [0.1, 0.15) is 12.4 Å². The summed E-state index contributed by atoms with van der Waals surface area (Å²) < 4.78 is 16.1. The summed E-state index contributed by atoms with van der Waals surface area (Å²) in [6.07, 6.45) is 0. The van der Waals surface area contributed by atoms with Gasteiger partial charge in [0.2, 0.25) is 0 Å². The van der Waals surface area contributed by atoms with Crippen molar-refractivity contribution in [2.75, 3.05) is 14.2 Å². The highest BCUT2D eigenvalue weighted by atomic mass is 16.6. The van der Waals surface area contributed by atoms with E-state index in [1.807, 2.05) is 24.3 Å². The fourth-order valence-corrected chi connectivity index (χ4v) is 2.41. The number of hydrogen-bond acceptors (Lipinski definition) is 5. The molecular formula is C19H23NO5. The molecule has 0 atom stereocenters. The van der Waals surface area contributed by atoms with E-state index in [0.717, 1.165) is 0 Å². The van der Waals surface area contributed by atoms with Crippen molar-refractivity contribution < 1.29 is 19.1 Å². The molecular weight excluding hydrogens is 322 g/mol. The minimum absolute atomic E-state index is 0.0562. The maximum Gasteiger partial charge on any atom is 0.280 e. The van der Waals surface area contributed by atoms with E-state index < -0.39 is 4.92 Å². The van der Waals surface area contributed by atoms with Gasteiger partial charge >= 0.3 is 0 Å². The molecule has 134 valence electrons. The van der Waals surface area contributed by atoms with Gasteiger partial charge in [0, 0.05) is 0 Å². The van der Waals surface area contributed by atoms with Gasteiger partial charge < -0.3 is 14.2 Å². The predicted octanol–water partition coefficient (Wildman–Crippen LogP) is 4.49. The monoisotopic (exact) mass is 345 g/mol. The van der Waals surface area contributed by atoms with Crippen molar-refractivity contribution in [3.63, 3.8) is 0 Å². The van der Waals surface area contributed by atoms with Crippen LogP contribution in [0.25, 0.3) is 0 Å². The van der Waals surface area contributed by atoms with E-state index in [0.29, 0.717) is 22.8 Å². The van der Waals surface area contributed by atoms with Crippen molar-refractivity contribution in [2.24, 2.45) is 0 Å². The molecule has 2 rings (SSSR count). The number of benzene rings is 2. The Labute approximate surface area is 147 Å². The first-order chi connectivity index (χ1) is 11.8. The van der Waals surface area contributed by atoms with Crippen molar-refractivity contribution in [1.29, 1.82) is 0 Å². The molecule has 0 aliphatic carbocycles. The number of methoxy groups -OCH3 is 2. The largest absolute Gasteiger partial charge is 0.493 e. The molecule has 0 N–H and O–H groups in total. The second kappa shape index (κ2) is 7.42. The first-order valence-electron chi connectivity index (χ1n) is 7.89. The summed E-state index contributed by atoms with van der Waals surface area (Å²) in [5.41, 5.74) is 1.60. The SMILES string of the molecule is COc1cc(COc2ccc(C(C)(C)C)cc2)c([N+](=O)[O-])cc1OC. The van der Waals surface area contributed by atoms with Crippen LogP contribution in [-0.4, -0.2) is 19.1 Å². The average Bonchev–Trinajstić information content (AvgIpc) is 2.58. The van der Waals surface area contributed by atoms with Crippen molar-refractivity contribution >= 4 is 5.69 Å². The lowest BCUT2D eigenvalue weighted by molar-refractivity contribution is -0.385. The topological polar surface area (TPSA) is 70.8 Å². The summed E-state index contributed by atoms with van der Waals surface area (Å²) in [7, 11) is 2.92. The summed E-state index contributed by atoms with van der Waals surface area (Å²) in [6.45, 7) is 6.47. The Bertz CT molecular complexity index is 748. The van der Waals surface area contributed by atoms with E-state index in [2.05, 4.69) is 20.8 Å². The molecule has 25 heavy (non-hydrogen) atoms. The summed E-state index contributed by atoms with van der Waals surface area (Å²) in [4.78, 5) is 10.9. The molecule has 0 bridgehead atoms. The van der Waals surface area contributed by atoms with Gasteiger partial charge in [0.25, 0.3) is 5.69 Å². The second-order valence-corrected chi connectivity index (χ2v) is 6.66. The van der Waals surface area contributed by atoms with Gasteiger partial charge in [-0.15, -0.1) is 0 Å². The smallest absolute Gasteiger partial charge is 0.280 e. The Balaban J connectivity index is 2.23. The van der Waals surface area contributed by atoms with E-state index in [9.17, 15) is 10.1 Å². The Morgan fingerprint density at radius 1 is 1.00 bits per heavy atom. The number of nitro benzene ring substituents is 1. The Kier molecular flexibility index (Phi) is 5.51. The van der Waals surface area contributed by atoms with Crippen molar-refractivity contribution in [3.8, 4) is 17.2 Å². The lowest BCUT2D eigenvalue weighted by atomic mass is 9.87. The van der Waals surface area contributed by atoms with Crippen LogP contribution < -0.4 is 14.2 Å². The number of nitrogens with zero attached hydrogens (tertiary/aromatic N) is 1. The highest BCUT2D eigenvalue weighted by molar-refractivity contribution is 5.54. The van der Waals surface area contributed by atoms with Gasteiger partial charge in [-0.1, -0.05) is 32.9 Å². The summed E-state index contributed by atoms with van der Waals surface area (Å²) in [5, 5.41) is 11.3. The normalized spacial score (nSPS) is 11.1. The van der Waals surface area contributed by atoms with Crippen LogP contribution in [0.2, 0.25) is 0 Å².